The molecule has 0 saturated carbocycles. The highest BCUT2D eigenvalue weighted by Gasteiger charge is 2.33. The quantitative estimate of drug-likeness (QED) is 0.572. The number of nitriles is 1. The van der Waals surface area contributed by atoms with Crippen LogP contribution in [0.4, 0.5) is 24.5 Å². The van der Waals surface area contributed by atoms with E-state index in [2.05, 4.69) is 10.6 Å². The molecule has 8 heteroatoms. The monoisotopic (exact) mass is 379 g/mol. The molecular weight excluding hydrogens is 367 g/mol. The molecule has 26 heavy (non-hydrogen) atoms. The smallest absolute Gasteiger partial charge is 0.360 e. The predicted octanol–water partition coefficient (Wildman–Crippen LogP) is 5.13. The Morgan fingerprint density at radius 3 is 2.50 bits per heavy atom. The third-order valence-corrected chi connectivity index (χ3v) is 3.65. The van der Waals surface area contributed by atoms with Gasteiger partial charge in [0.2, 0.25) is 0 Å². The van der Waals surface area contributed by atoms with Crippen molar-refractivity contribution in [2.45, 2.75) is 13.1 Å². The zero-order valence-electron chi connectivity index (χ0n) is 13.5. The first kappa shape index (κ1) is 19.3. The van der Waals surface area contributed by atoms with Gasteiger partial charge in [-0.2, -0.15) is 18.4 Å². The lowest BCUT2D eigenvalue weighted by atomic mass is 10.1. The van der Waals surface area contributed by atoms with Crippen molar-refractivity contribution in [2.75, 3.05) is 10.6 Å². The molecule has 134 valence electrons. The second-order valence-corrected chi connectivity index (χ2v) is 5.71. The first-order valence-electron chi connectivity index (χ1n) is 7.33. The molecule has 0 radical (unpaired) electrons. The molecule has 0 heterocycles. The van der Waals surface area contributed by atoms with Gasteiger partial charge in [0.1, 0.15) is 11.6 Å². The van der Waals surface area contributed by atoms with E-state index in [-0.39, 0.29) is 16.3 Å². The number of benzene rings is 2. The number of hydrogen-bond acceptors (Lipinski definition) is 3. The van der Waals surface area contributed by atoms with Crippen molar-refractivity contribution >= 4 is 28.9 Å². The molecule has 2 aromatic carbocycles. The summed E-state index contributed by atoms with van der Waals surface area (Å²) in [6.07, 6.45) is -3.72. The molecule has 2 aromatic rings. The number of anilines is 2. The summed E-state index contributed by atoms with van der Waals surface area (Å²) in [6.45, 7) is 1.77. The lowest BCUT2D eigenvalue weighted by Gasteiger charge is -2.13. The first-order chi connectivity index (χ1) is 12.2. The summed E-state index contributed by atoms with van der Waals surface area (Å²) < 4.78 is 39.2. The molecule has 1 amide bonds. The van der Waals surface area contributed by atoms with Crippen LogP contribution in [0.3, 0.4) is 0 Å². The van der Waals surface area contributed by atoms with Crippen LogP contribution in [-0.2, 0) is 11.0 Å². The van der Waals surface area contributed by atoms with Crippen LogP contribution in [-0.4, -0.2) is 5.91 Å². The Kier molecular flexibility index (Phi) is 5.90. The van der Waals surface area contributed by atoms with E-state index >= 15 is 0 Å². The van der Waals surface area contributed by atoms with Crippen LogP contribution in [0.25, 0.3) is 0 Å². The molecule has 0 aromatic heterocycles. The second kappa shape index (κ2) is 7.93. The van der Waals surface area contributed by atoms with Gasteiger partial charge in [-0.1, -0.05) is 29.8 Å². The van der Waals surface area contributed by atoms with Gasteiger partial charge in [0.25, 0.3) is 5.91 Å². The largest absolute Gasteiger partial charge is 0.418 e. The van der Waals surface area contributed by atoms with Crippen LogP contribution in [0.2, 0.25) is 5.02 Å². The van der Waals surface area contributed by atoms with Gasteiger partial charge in [0.15, 0.2) is 0 Å². The van der Waals surface area contributed by atoms with Crippen molar-refractivity contribution in [1.29, 1.82) is 5.26 Å². The van der Waals surface area contributed by atoms with Crippen LogP contribution in [0.1, 0.15) is 11.1 Å². The Balaban J connectivity index is 2.24. The van der Waals surface area contributed by atoms with Crippen molar-refractivity contribution in [1.82, 2.24) is 0 Å². The lowest BCUT2D eigenvalue weighted by Crippen LogP contribution is -2.16. The van der Waals surface area contributed by atoms with E-state index in [1.165, 1.54) is 6.07 Å². The average Bonchev–Trinajstić information content (AvgIpc) is 2.57. The zero-order chi connectivity index (χ0) is 19.3. The Labute approximate surface area is 152 Å². The van der Waals surface area contributed by atoms with Crippen LogP contribution < -0.4 is 10.6 Å². The highest BCUT2D eigenvalue weighted by Crippen LogP contribution is 2.36. The summed E-state index contributed by atoms with van der Waals surface area (Å²) in [6, 6.07) is 11.7. The normalized spacial score (nSPS) is 11.6. The molecule has 0 fully saturated rings. The van der Waals surface area contributed by atoms with Crippen molar-refractivity contribution in [3.05, 3.63) is 70.4 Å². The number of hydrogen-bond donors (Lipinski definition) is 2. The maximum absolute atomic E-state index is 13.1. The highest BCUT2D eigenvalue weighted by molar-refractivity contribution is 6.30. The van der Waals surface area contributed by atoms with E-state index in [1.807, 2.05) is 0 Å². The predicted molar refractivity (Wildman–Crippen MR) is 93.6 cm³/mol. The highest BCUT2D eigenvalue weighted by atomic mass is 35.5. The van der Waals surface area contributed by atoms with Crippen molar-refractivity contribution in [3.63, 3.8) is 0 Å². The van der Waals surface area contributed by atoms with Gasteiger partial charge in [-0.15, -0.1) is 0 Å². The fraction of sp³-hybridized carbons (Fsp3) is 0.111. The van der Waals surface area contributed by atoms with Gasteiger partial charge in [-0.3, -0.25) is 4.79 Å². The van der Waals surface area contributed by atoms with Crippen molar-refractivity contribution in [3.8, 4) is 6.07 Å². The fourth-order valence-corrected chi connectivity index (χ4v) is 2.25. The Morgan fingerprint density at radius 1 is 1.19 bits per heavy atom. The Bertz CT molecular complexity index is 901. The summed E-state index contributed by atoms with van der Waals surface area (Å²) in [4.78, 5) is 12.2. The van der Waals surface area contributed by atoms with Crippen LogP contribution in [0.5, 0.6) is 0 Å². The summed E-state index contributed by atoms with van der Waals surface area (Å²) in [5.74, 6) is -0.739. The molecule has 0 atom stereocenters. The number of halogens is 4. The molecule has 0 aliphatic carbocycles. The molecule has 0 saturated heterocycles. The molecule has 0 spiro atoms. The van der Waals surface area contributed by atoms with Gasteiger partial charge in [-0.25, -0.2) is 0 Å². The number of nitrogens with one attached hydrogen (secondary N) is 2. The van der Waals surface area contributed by atoms with Crippen LogP contribution in [0.15, 0.2) is 54.2 Å². The number of aryl methyl sites for hydroxylation is 1. The summed E-state index contributed by atoms with van der Waals surface area (Å²) in [5.41, 5.74) is -0.420. The van der Waals surface area contributed by atoms with E-state index in [9.17, 15) is 18.0 Å². The minimum absolute atomic E-state index is 0.0790. The topological polar surface area (TPSA) is 64.9 Å². The molecule has 0 bridgehead atoms. The summed E-state index contributed by atoms with van der Waals surface area (Å²) in [7, 11) is 0. The third kappa shape index (κ3) is 4.77. The number of carbonyl (C=O) groups excluding carboxylic acids is 1. The number of carbonyl (C=O) groups is 1. The number of alkyl halides is 3. The number of amides is 1. The molecule has 0 aliphatic rings. The lowest BCUT2D eigenvalue weighted by molar-refractivity contribution is -0.136. The molecule has 0 unspecified atom stereocenters. The average molecular weight is 380 g/mol. The van der Waals surface area contributed by atoms with Gasteiger partial charge in [-0.05, 0) is 36.8 Å². The molecule has 4 nitrogen and oxygen atoms in total. The standard InChI is InChI=1S/C18H13ClF3N3O/c1-11-4-2-3-5-15(11)25-17(26)12(9-23)10-24-16-7-6-13(19)8-14(16)18(20,21)22/h2-8,10,24H,1H3,(H,25,26)/b12-10-. The van der Waals surface area contributed by atoms with E-state index in [4.69, 9.17) is 16.9 Å². The first-order valence-corrected chi connectivity index (χ1v) is 7.70. The van der Waals surface area contributed by atoms with E-state index in [1.54, 1.807) is 37.3 Å². The summed E-state index contributed by atoms with van der Waals surface area (Å²) in [5, 5.41) is 13.9. The summed E-state index contributed by atoms with van der Waals surface area (Å²) >= 11 is 5.61. The Hall–Kier alpha value is -2.98. The van der Waals surface area contributed by atoms with Crippen LogP contribution >= 0.6 is 11.6 Å². The number of para-hydroxylation sites is 1. The minimum atomic E-state index is -4.64. The van der Waals surface area contributed by atoms with Gasteiger partial charge < -0.3 is 10.6 Å². The molecular formula is C18H13ClF3N3O. The van der Waals surface area contributed by atoms with Crippen molar-refractivity contribution in [2.24, 2.45) is 0 Å². The van der Waals surface area contributed by atoms with E-state index in [0.29, 0.717) is 5.69 Å². The third-order valence-electron chi connectivity index (χ3n) is 3.42. The molecule has 2 N–H and O–H groups in total. The molecule has 0 aliphatic heterocycles. The molecule has 2 rings (SSSR count). The van der Waals surface area contributed by atoms with E-state index in [0.717, 1.165) is 23.9 Å². The number of rotatable bonds is 4. The zero-order valence-corrected chi connectivity index (χ0v) is 14.2. The minimum Gasteiger partial charge on any atom is -0.360 e. The van der Waals surface area contributed by atoms with Crippen LogP contribution in [0, 0.1) is 18.3 Å². The van der Waals surface area contributed by atoms with E-state index < -0.39 is 17.6 Å². The fourth-order valence-electron chi connectivity index (χ4n) is 2.08. The second-order valence-electron chi connectivity index (χ2n) is 5.27. The van der Waals surface area contributed by atoms with Crippen molar-refractivity contribution < 1.29 is 18.0 Å². The maximum atomic E-state index is 13.1. The number of nitrogens with zero attached hydrogens (tertiary/aromatic N) is 1. The maximum Gasteiger partial charge on any atom is 0.418 e. The SMILES string of the molecule is Cc1ccccc1NC(=O)/C(C#N)=C\Nc1ccc(Cl)cc1C(F)(F)F. The van der Waals surface area contributed by atoms with Gasteiger partial charge in [0, 0.05) is 16.9 Å². The Morgan fingerprint density at radius 2 is 1.88 bits per heavy atom. The van der Waals surface area contributed by atoms with Gasteiger partial charge >= 0.3 is 6.18 Å². The van der Waals surface area contributed by atoms with Gasteiger partial charge in [0.05, 0.1) is 11.3 Å².